The van der Waals surface area contributed by atoms with Crippen LogP contribution in [0.15, 0.2) is 16.8 Å². The van der Waals surface area contributed by atoms with Crippen LogP contribution < -0.4 is 5.73 Å². The standard InChI is InChI=1S/C14H22N2OS/c1-11-3-2-7-16(13(11)9-15)14(17)5-4-12-6-8-18-10-12/h6,8,10-11,13H,2-5,7,9,15H2,1H3/t11-,13+/m1/s1. The molecule has 0 aromatic carbocycles. The molecular weight excluding hydrogens is 244 g/mol. The van der Waals surface area contributed by atoms with Crippen molar-refractivity contribution in [1.29, 1.82) is 0 Å². The van der Waals surface area contributed by atoms with E-state index >= 15 is 0 Å². The Hall–Kier alpha value is -0.870. The average Bonchev–Trinajstić information content (AvgIpc) is 2.88. The van der Waals surface area contributed by atoms with Gasteiger partial charge in [0.15, 0.2) is 0 Å². The molecule has 0 spiro atoms. The SMILES string of the molecule is C[C@@H]1CCCN(C(=O)CCc2ccsc2)[C@H]1CN. The molecule has 0 bridgehead atoms. The van der Waals surface area contributed by atoms with Gasteiger partial charge in [0, 0.05) is 25.6 Å². The Morgan fingerprint density at radius 2 is 2.44 bits per heavy atom. The highest BCUT2D eigenvalue weighted by atomic mass is 32.1. The van der Waals surface area contributed by atoms with Gasteiger partial charge < -0.3 is 10.6 Å². The lowest BCUT2D eigenvalue weighted by Gasteiger charge is -2.39. The predicted octanol–water partition coefficient (Wildman–Crippen LogP) is 2.27. The van der Waals surface area contributed by atoms with E-state index in [4.69, 9.17) is 5.73 Å². The molecular formula is C14H22N2OS. The molecule has 1 saturated heterocycles. The maximum Gasteiger partial charge on any atom is 0.223 e. The Bertz CT molecular complexity index is 377. The fourth-order valence-electron chi connectivity index (χ4n) is 2.75. The van der Waals surface area contributed by atoms with Gasteiger partial charge >= 0.3 is 0 Å². The number of hydrogen-bond donors (Lipinski definition) is 1. The molecule has 1 aliphatic heterocycles. The zero-order valence-corrected chi connectivity index (χ0v) is 11.8. The quantitative estimate of drug-likeness (QED) is 0.908. The lowest BCUT2D eigenvalue weighted by molar-refractivity contribution is -0.136. The summed E-state index contributed by atoms with van der Waals surface area (Å²) in [6, 6.07) is 2.34. The van der Waals surface area contributed by atoms with E-state index < -0.39 is 0 Å². The number of nitrogens with two attached hydrogens (primary N) is 1. The third-order valence-electron chi connectivity index (χ3n) is 3.89. The van der Waals surface area contributed by atoms with Crippen LogP contribution in [0.25, 0.3) is 0 Å². The van der Waals surface area contributed by atoms with Crippen LogP contribution >= 0.6 is 11.3 Å². The second kappa shape index (κ2) is 6.34. The summed E-state index contributed by atoms with van der Waals surface area (Å²) < 4.78 is 0. The minimum absolute atomic E-state index is 0.244. The summed E-state index contributed by atoms with van der Waals surface area (Å²) in [6.45, 7) is 3.68. The number of carbonyl (C=O) groups excluding carboxylic acids is 1. The maximum atomic E-state index is 12.3. The smallest absolute Gasteiger partial charge is 0.223 e. The molecule has 1 aliphatic rings. The second-order valence-electron chi connectivity index (χ2n) is 5.14. The molecule has 0 saturated carbocycles. The Labute approximate surface area is 113 Å². The summed E-state index contributed by atoms with van der Waals surface area (Å²) in [7, 11) is 0. The van der Waals surface area contributed by atoms with E-state index in [-0.39, 0.29) is 11.9 Å². The van der Waals surface area contributed by atoms with Crippen LogP contribution in [0.5, 0.6) is 0 Å². The summed E-state index contributed by atoms with van der Waals surface area (Å²) in [5.41, 5.74) is 7.09. The van der Waals surface area contributed by atoms with Crippen molar-refractivity contribution < 1.29 is 4.79 Å². The number of aryl methyl sites for hydroxylation is 1. The monoisotopic (exact) mass is 266 g/mol. The van der Waals surface area contributed by atoms with Gasteiger partial charge in [0.25, 0.3) is 0 Å². The van der Waals surface area contributed by atoms with Crippen molar-refractivity contribution in [3.05, 3.63) is 22.4 Å². The van der Waals surface area contributed by atoms with Crippen molar-refractivity contribution >= 4 is 17.2 Å². The number of nitrogens with zero attached hydrogens (tertiary/aromatic N) is 1. The molecule has 3 nitrogen and oxygen atoms in total. The molecule has 2 N–H and O–H groups in total. The molecule has 2 atom stereocenters. The van der Waals surface area contributed by atoms with Crippen LogP contribution in [0.2, 0.25) is 0 Å². The van der Waals surface area contributed by atoms with Gasteiger partial charge in [-0.3, -0.25) is 4.79 Å². The predicted molar refractivity (Wildman–Crippen MR) is 75.6 cm³/mol. The largest absolute Gasteiger partial charge is 0.338 e. The number of likely N-dealkylation sites (tertiary alicyclic amines) is 1. The van der Waals surface area contributed by atoms with E-state index in [0.717, 1.165) is 19.4 Å². The second-order valence-corrected chi connectivity index (χ2v) is 5.92. The fraction of sp³-hybridized carbons (Fsp3) is 0.643. The molecule has 18 heavy (non-hydrogen) atoms. The van der Waals surface area contributed by atoms with Crippen LogP contribution in [-0.4, -0.2) is 29.9 Å². The Balaban J connectivity index is 1.90. The topological polar surface area (TPSA) is 46.3 Å². The van der Waals surface area contributed by atoms with E-state index in [1.54, 1.807) is 11.3 Å². The highest BCUT2D eigenvalue weighted by molar-refractivity contribution is 7.07. The van der Waals surface area contributed by atoms with E-state index in [1.807, 2.05) is 4.90 Å². The van der Waals surface area contributed by atoms with Crippen molar-refractivity contribution in [3.8, 4) is 0 Å². The third kappa shape index (κ3) is 3.12. The minimum atomic E-state index is 0.244. The summed E-state index contributed by atoms with van der Waals surface area (Å²) in [5.74, 6) is 0.803. The Morgan fingerprint density at radius 1 is 1.61 bits per heavy atom. The van der Waals surface area contributed by atoms with Crippen molar-refractivity contribution in [1.82, 2.24) is 4.90 Å². The van der Waals surface area contributed by atoms with Gasteiger partial charge in [0.05, 0.1) is 0 Å². The molecule has 2 rings (SSSR count). The van der Waals surface area contributed by atoms with E-state index in [9.17, 15) is 4.79 Å². The van der Waals surface area contributed by atoms with Crippen LogP contribution in [0.3, 0.4) is 0 Å². The van der Waals surface area contributed by atoms with E-state index in [2.05, 4.69) is 23.8 Å². The molecule has 2 heterocycles. The number of carbonyl (C=O) groups is 1. The lowest BCUT2D eigenvalue weighted by atomic mass is 9.90. The molecule has 1 fully saturated rings. The van der Waals surface area contributed by atoms with Crippen molar-refractivity contribution in [3.63, 3.8) is 0 Å². The molecule has 0 radical (unpaired) electrons. The van der Waals surface area contributed by atoms with Crippen molar-refractivity contribution in [2.45, 2.75) is 38.6 Å². The van der Waals surface area contributed by atoms with Gasteiger partial charge in [-0.2, -0.15) is 11.3 Å². The van der Waals surface area contributed by atoms with Crippen molar-refractivity contribution in [2.24, 2.45) is 11.7 Å². The first-order chi connectivity index (χ1) is 8.72. The molecule has 4 heteroatoms. The van der Waals surface area contributed by atoms with E-state index in [1.165, 1.54) is 12.0 Å². The first-order valence-corrected chi connectivity index (χ1v) is 7.67. The molecule has 1 aromatic rings. The highest BCUT2D eigenvalue weighted by Gasteiger charge is 2.30. The van der Waals surface area contributed by atoms with E-state index in [0.29, 0.717) is 18.9 Å². The van der Waals surface area contributed by atoms with Gasteiger partial charge in [-0.1, -0.05) is 6.92 Å². The summed E-state index contributed by atoms with van der Waals surface area (Å²) in [5, 5.41) is 4.18. The average molecular weight is 266 g/mol. The van der Waals surface area contributed by atoms with Crippen molar-refractivity contribution in [2.75, 3.05) is 13.1 Å². The molecule has 0 aliphatic carbocycles. The number of piperidine rings is 1. The fourth-order valence-corrected chi connectivity index (χ4v) is 3.45. The molecule has 1 aromatic heterocycles. The molecule has 1 amide bonds. The van der Waals surface area contributed by atoms with Crippen LogP contribution in [0, 0.1) is 5.92 Å². The number of thiophene rings is 1. The third-order valence-corrected chi connectivity index (χ3v) is 4.62. The minimum Gasteiger partial charge on any atom is -0.338 e. The summed E-state index contributed by atoms with van der Waals surface area (Å²) in [6.07, 6.45) is 3.77. The summed E-state index contributed by atoms with van der Waals surface area (Å²) >= 11 is 1.69. The first-order valence-electron chi connectivity index (χ1n) is 6.73. The highest BCUT2D eigenvalue weighted by Crippen LogP contribution is 2.23. The number of hydrogen-bond acceptors (Lipinski definition) is 3. The number of amides is 1. The van der Waals surface area contributed by atoms with Crippen LogP contribution in [0.1, 0.15) is 31.7 Å². The van der Waals surface area contributed by atoms with Gasteiger partial charge in [-0.15, -0.1) is 0 Å². The van der Waals surface area contributed by atoms with Crippen LogP contribution in [0.4, 0.5) is 0 Å². The zero-order chi connectivity index (χ0) is 13.0. The first kappa shape index (κ1) is 13.6. The summed E-state index contributed by atoms with van der Waals surface area (Å²) in [4.78, 5) is 14.3. The maximum absolute atomic E-state index is 12.3. The van der Waals surface area contributed by atoms with Gasteiger partial charge in [-0.05, 0) is 47.6 Å². The van der Waals surface area contributed by atoms with Gasteiger partial charge in [0.1, 0.15) is 0 Å². The number of rotatable bonds is 4. The van der Waals surface area contributed by atoms with Gasteiger partial charge in [0.2, 0.25) is 5.91 Å². The Kier molecular flexibility index (Phi) is 4.78. The normalized spacial score (nSPS) is 24.2. The molecule has 100 valence electrons. The van der Waals surface area contributed by atoms with Gasteiger partial charge in [-0.25, -0.2) is 0 Å². The van der Waals surface area contributed by atoms with Crippen LogP contribution in [-0.2, 0) is 11.2 Å². The Morgan fingerprint density at radius 3 is 3.11 bits per heavy atom. The lowest BCUT2D eigenvalue weighted by Crippen LogP contribution is -2.51. The molecule has 0 unspecified atom stereocenters. The zero-order valence-electron chi connectivity index (χ0n) is 11.0.